The standard InChI is InChI=1S/C65H56B2N6O2S2/c1-6-43(3)41-74-50-35-31-45(32-36-50)60-58-59(62(72(60)66(5)47-21-11-8-12-22-47)52(39-68)64-70-54-27-17-19-29-56(54)76-64)61(46-33-37-51(38-34-46)75-42-44(4)7-2)73(67(48-23-13-9-14-24-48)49-25-15-10-16-26-49)63(58)53(40-69)65-71-55-28-18-20-30-57(55)77-65/h8-38,43-44H,6-7,41-42H2,1-5H3/b62-52-,63-53-. The van der Waals surface area contributed by atoms with Crippen molar-refractivity contribution in [2.75, 3.05) is 13.2 Å². The second-order valence-electron chi connectivity index (χ2n) is 19.8. The molecule has 2 atom stereocenters. The van der Waals surface area contributed by atoms with Gasteiger partial charge in [0.1, 0.15) is 44.8 Å². The molecule has 0 spiro atoms. The molecule has 7 aromatic carbocycles. The fourth-order valence-corrected chi connectivity index (χ4v) is 12.2. The highest BCUT2D eigenvalue weighted by Crippen LogP contribution is 2.39. The molecule has 0 N–H and O–H groups in total. The molecule has 0 aliphatic carbocycles. The molecule has 0 fully saturated rings. The van der Waals surface area contributed by atoms with Crippen LogP contribution in [0.2, 0.25) is 6.82 Å². The summed E-state index contributed by atoms with van der Waals surface area (Å²) >= 11 is 3.02. The third-order valence-corrected chi connectivity index (χ3v) is 16.9. The summed E-state index contributed by atoms with van der Waals surface area (Å²) in [4.78, 5) is 10.5. The molecular formula is C65H56B2N6O2S2. The number of nitrogens with zero attached hydrogens (tertiary/aromatic N) is 6. The number of ether oxygens (including phenoxy) is 2. The summed E-state index contributed by atoms with van der Waals surface area (Å²) in [5.41, 5.74) is 8.97. The Hall–Kier alpha value is -8.41. The van der Waals surface area contributed by atoms with Crippen LogP contribution in [-0.4, -0.2) is 45.8 Å². The van der Waals surface area contributed by atoms with E-state index in [-0.39, 0.29) is 6.85 Å². The fraction of sp³-hybridized carbons (Fsp3) is 0.169. The van der Waals surface area contributed by atoms with E-state index >= 15 is 0 Å². The first-order chi connectivity index (χ1) is 37.8. The molecule has 0 aliphatic heterocycles. The van der Waals surface area contributed by atoms with Crippen LogP contribution in [0.3, 0.4) is 0 Å². The molecule has 0 bridgehead atoms. The van der Waals surface area contributed by atoms with Gasteiger partial charge in [-0.3, -0.25) is 0 Å². The lowest BCUT2D eigenvalue weighted by Crippen LogP contribution is -2.53. The Morgan fingerprint density at radius 3 is 1.29 bits per heavy atom. The molecule has 8 nitrogen and oxygen atoms in total. The lowest BCUT2D eigenvalue weighted by Gasteiger charge is -2.23. The molecule has 2 unspecified atom stereocenters. The molecule has 11 rings (SSSR count). The maximum Gasteiger partial charge on any atom is 0.328 e. The molecule has 0 saturated carbocycles. The summed E-state index contributed by atoms with van der Waals surface area (Å²) in [6, 6.07) is 69.9. The minimum Gasteiger partial charge on any atom is -0.493 e. The first-order valence-electron chi connectivity index (χ1n) is 26.5. The number of aromatic nitrogens is 4. The van der Waals surface area contributed by atoms with Crippen LogP contribution in [0.1, 0.15) is 50.6 Å². The van der Waals surface area contributed by atoms with E-state index in [1.54, 1.807) is 0 Å². The maximum absolute atomic E-state index is 12.2. The predicted molar refractivity (Wildman–Crippen MR) is 322 cm³/mol. The van der Waals surface area contributed by atoms with Crippen molar-refractivity contribution in [1.82, 2.24) is 18.9 Å². The van der Waals surface area contributed by atoms with Crippen LogP contribution in [0.4, 0.5) is 0 Å². The van der Waals surface area contributed by atoms with Gasteiger partial charge in [0.25, 0.3) is 6.85 Å². The van der Waals surface area contributed by atoms with Crippen molar-refractivity contribution in [1.29, 1.82) is 10.5 Å². The summed E-state index contributed by atoms with van der Waals surface area (Å²) in [7, 11) is 0. The zero-order valence-corrected chi connectivity index (χ0v) is 45.5. The second kappa shape index (κ2) is 22.4. The van der Waals surface area contributed by atoms with Crippen molar-refractivity contribution in [3.8, 4) is 46.2 Å². The number of fused-ring (bicyclic) bond motifs is 3. The molecule has 4 aromatic heterocycles. The van der Waals surface area contributed by atoms with E-state index in [0.717, 1.165) is 94.4 Å². The highest BCUT2D eigenvalue weighted by molar-refractivity contribution is 7.20. The largest absolute Gasteiger partial charge is 0.493 e. The Morgan fingerprint density at radius 2 is 0.883 bits per heavy atom. The van der Waals surface area contributed by atoms with E-state index in [0.29, 0.717) is 56.9 Å². The van der Waals surface area contributed by atoms with Crippen molar-refractivity contribution < 1.29 is 9.47 Å². The number of hydrogen-bond donors (Lipinski definition) is 0. The van der Waals surface area contributed by atoms with Crippen LogP contribution in [0.25, 0.3) is 64.9 Å². The normalized spacial score (nSPS) is 13.0. The smallest absolute Gasteiger partial charge is 0.328 e. The quantitative estimate of drug-likeness (QED) is 0.0842. The number of rotatable bonds is 17. The molecular weight excluding hydrogens is 983 g/mol. The lowest BCUT2D eigenvalue weighted by molar-refractivity contribution is 0.256. The van der Waals surface area contributed by atoms with Crippen molar-refractivity contribution in [3.63, 3.8) is 0 Å². The van der Waals surface area contributed by atoms with Crippen molar-refractivity contribution in [2.24, 2.45) is 11.8 Å². The highest BCUT2D eigenvalue weighted by Gasteiger charge is 2.36. The van der Waals surface area contributed by atoms with Gasteiger partial charge < -0.3 is 18.4 Å². The minimum absolute atomic E-state index is 0.342. The van der Waals surface area contributed by atoms with E-state index < -0.39 is 6.85 Å². The van der Waals surface area contributed by atoms with Crippen molar-refractivity contribution in [3.05, 3.63) is 209 Å². The van der Waals surface area contributed by atoms with E-state index in [4.69, 9.17) is 19.4 Å². The molecule has 0 saturated heterocycles. The molecule has 11 aromatic rings. The van der Waals surface area contributed by atoms with E-state index in [1.807, 2.05) is 78.9 Å². The Kier molecular flexibility index (Phi) is 14.8. The van der Waals surface area contributed by atoms with Gasteiger partial charge in [-0.15, -0.1) is 22.7 Å². The van der Waals surface area contributed by atoms with Gasteiger partial charge in [0.2, 0.25) is 0 Å². The van der Waals surface area contributed by atoms with E-state index in [9.17, 15) is 10.5 Å². The van der Waals surface area contributed by atoms with Crippen LogP contribution in [0.5, 0.6) is 11.5 Å². The zero-order valence-electron chi connectivity index (χ0n) is 43.9. The van der Waals surface area contributed by atoms with Gasteiger partial charge in [0, 0.05) is 22.2 Å². The van der Waals surface area contributed by atoms with Gasteiger partial charge in [-0.1, -0.05) is 179 Å². The Balaban J connectivity index is 1.42. The topological polar surface area (TPSA) is 102 Å². The predicted octanol–water partition coefficient (Wildman–Crippen LogP) is 12.3. The van der Waals surface area contributed by atoms with Gasteiger partial charge in [-0.25, -0.2) is 9.97 Å². The first-order valence-corrected chi connectivity index (χ1v) is 28.1. The lowest BCUT2D eigenvalue weighted by atomic mass is 9.50. The number of hydrogen-bond acceptors (Lipinski definition) is 8. The Bertz CT molecular complexity index is 4000. The molecule has 12 heteroatoms. The van der Waals surface area contributed by atoms with Crippen LogP contribution >= 0.6 is 22.7 Å². The molecule has 376 valence electrons. The third-order valence-electron chi connectivity index (χ3n) is 14.8. The van der Waals surface area contributed by atoms with E-state index in [1.165, 1.54) is 22.7 Å². The Labute approximate surface area is 458 Å². The van der Waals surface area contributed by atoms with Gasteiger partial charge in [-0.2, -0.15) is 10.5 Å². The minimum atomic E-state index is -0.487. The average molecular weight is 1040 g/mol. The van der Waals surface area contributed by atoms with Gasteiger partial charge in [-0.05, 0) is 95.8 Å². The fourth-order valence-electron chi connectivity index (χ4n) is 10.2. The van der Waals surface area contributed by atoms with Crippen molar-refractivity contribution >= 4 is 95.1 Å². The summed E-state index contributed by atoms with van der Waals surface area (Å²) in [6.45, 7) is 11.3. The van der Waals surface area contributed by atoms with Gasteiger partial charge in [0.05, 0.1) is 44.3 Å². The van der Waals surface area contributed by atoms with Crippen molar-refractivity contribution in [2.45, 2.75) is 47.4 Å². The van der Waals surface area contributed by atoms with Crippen LogP contribution in [0, 0.1) is 34.5 Å². The number of para-hydroxylation sites is 2. The maximum atomic E-state index is 12.2. The number of nitriles is 2. The van der Waals surface area contributed by atoms with Crippen LogP contribution in [0.15, 0.2) is 188 Å². The monoisotopic (exact) mass is 1040 g/mol. The van der Waals surface area contributed by atoms with Crippen LogP contribution < -0.4 is 36.6 Å². The molecule has 0 aliphatic rings. The Morgan fingerprint density at radius 1 is 0.506 bits per heavy atom. The van der Waals surface area contributed by atoms with Gasteiger partial charge in [0.15, 0.2) is 0 Å². The summed E-state index contributed by atoms with van der Waals surface area (Å²) in [5.74, 6) is 2.29. The molecule has 0 amide bonds. The zero-order chi connectivity index (χ0) is 53.0. The number of benzene rings is 7. The SMILES string of the molecule is CCC(C)COc1ccc(-c2c3/c(=C(\C#N)c4nc5ccccc5s4)n(B(c4ccccc4)c4ccccc4)c(-c4ccc(OCC(C)CC)cc4)c3/c(=C(\C#N)c3nc4ccccc4s3)n2B(C)c2ccccc2)cc1. The first kappa shape index (κ1) is 50.7. The molecule has 4 heterocycles. The molecule has 0 radical (unpaired) electrons. The summed E-state index contributed by atoms with van der Waals surface area (Å²) in [6.07, 6.45) is 2.01. The third kappa shape index (κ3) is 9.88. The molecule has 77 heavy (non-hydrogen) atoms. The average Bonchev–Trinajstić information content (AvgIpc) is 4.39. The second-order valence-corrected chi connectivity index (χ2v) is 21.9. The highest BCUT2D eigenvalue weighted by atomic mass is 32.1. The van der Waals surface area contributed by atoms with Gasteiger partial charge >= 0.3 is 6.85 Å². The summed E-state index contributed by atoms with van der Waals surface area (Å²) in [5, 5.41) is 28.4. The van der Waals surface area contributed by atoms with Crippen LogP contribution in [-0.2, 0) is 0 Å². The van der Waals surface area contributed by atoms with E-state index in [2.05, 4.69) is 165 Å². The summed E-state index contributed by atoms with van der Waals surface area (Å²) < 4.78 is 19.5. The number of thiazole rings is 2.